The maximum atomic E-state index is 12.8. The van der Waals surface area contributed by atoms with Gasteiger partial charge in [-0.3, -0.25) is 14.6 Å². The summed E-state index contributed by atoms with van der Waals surface area (Å²) < 4.78 is 5.47. The first-order valence-electron chi connectivity index (χ1n) is 9.48. The van der Waals surface area contributed by atoms with Crippen LogP contribution in [0, 0.1) is 0 Å². The molecule has 2 atom stereocenters. The van der Waals surface area contributed by atoms with Crippen molar-refractivity contribution in [2.45, 2.75) is 58.5 Å². The van der Waals surface area contributed by atoms with Crippen molar-refractivity contribution in [3.8, 4) is 0 Å². The van der Waals surface area contributed by atoms with E-state index in [1.54, 1.807) is 0 Å². The normalized spacial score (nSPS) is 26.0. The van der Waals surface area contributed by atoms with Crippen molar-refractivity contribution in [2.24, 2.45) is 0 Å². The van der Waals surface area contributed by atoms with E-state index in [9.17, 15) is 4.79 Å². The SMILES string of the molecule is CCOCCN1CCN(C(C)C(=O)N2CCCCCC2)CC1C. The van der Waals surface area contributed by atoms with Gasteiger partial charge in [0.05, 0.1) is 12.6 Å². The van der Waals surface area contributed by atoms with Gasteiger partial charge in [0, 0.05) is 51.9 Å². The van der Waals surface area contributed by atoms with Crippen LogP contribution < -0.4 is 0 Å². The highest BCUT2D eigenvalue weighted by molar-refractivity contribution is 5.81. The zero-order valence-electron chi connectivity index (χ0n) is 15.3. The number of piperazine rings is 1. The molecule has 2 fully saturated rings. The van der Waals surface area contributed by atoms with Crippen LogP contribution in [0.5, 0.6) is 0 Å². The molecule has 23 heavy (non-hydrogen) atoms. The molecule has 0 aromatic heterocycles. The lowest BCUT2D eigenvalue weighted by Gasteiger charge is -2.42. The molecule has 1 amide bonds. The van der Waals surface area contributed by atoms with Gasteiger partial charge in [-0.1, -0.05) is 12.8 Å². The smallest absolute Gasteiger partial charge is 0.239 e. The van der Waals surface area contributed by atoms with E-state index in [1.807, 2.05) is 6.92 Å². The number of likely N-dealkylation sites (tertiary alicyclic amines) is 1. The Labute approximate surface area is 141 Å². The molecule has 0 aliphatic carbocycles. The summed E-state index contributed by atoms with van der Waals surface area (Å²) in [6, 6.07) is 0.508. The standard InChI is InChI=1S/C18H35N3O2/c1-4-23-14-13-19-11-12-21(15-16(19)2)17(3)18(22)20-9-7-5-6-8-10-20/h16-17H,4-15H2,1-3H3. The minimum Gasteiger partial charge on any atom is -0.380 e. The minimum atomic E-state index is 0.0181. The summed E-state index contributed by atoms with van der Waals surface area (Å²) in [5.74, 6) is 0.335. The van der Waals surface area contributed by atoms with E-state index in [2.05, 4.69) is 28.5 Å². The van der Waals surface area contributed by atoms with Crippen molar-refractivity contribution in [1.82, 2.24) is 14.7 Å². The molecule has 2 saturated heterocycles. The Bertz CT molecular complexity index is 356. The molecule has 5 heteroatoms. The van der Waals surface area contributed by atoms with Gasteiger partial charge in [0.1, 0.15) is 0 Å². The summed E-state index contributed by atoms with van der Waals surface area (Å²) in [7, 11) is 0. The van der Waals surface area contributed by atoms with Crippen LogP contribution in [0.1, 0.15) is 46.5 Å². The zero-order chi connectivity index (χ0) is 16.7. The summed E-state index contributed by atoms with van der Waals surface area (Å²) in [5.41, 5.74) is 0. The molecule has 2 heterocycles. The molecule has 0 saturated carbocycles. The van der Waals surface area contributed by atoms with Crippen molar-refractivity contribution in [3.63, 3.8) is 0 Å². The number of carbonyl (C=O) groups is 1. The highest BCUT2D eigenvalue weighted by Gasteiger charge is 2.31. The molecule has 0 spiro atoms. The summed E-state index contributed by atoms with van der Waals surface area (Å²) in [6.07, 6.45) is 4.88. The molecule has 2 aliphatic rings. The summed E-state index contributed by atoms with van der Waals surface area (Å²) >= 11 is 0. The molecule has 5 nitrogen and oxygen atoms in total. The fraction of sp³-hybridized carbons (Fsp3) is 0.944. The van der Waals surface area contributed by atoms with Gasteiger partial charge < -0.3 is 9.64 Å². The Morgan fingerprint density at radius 1 is 1.13 bits per heavy atom. The largest absolute Gasteiger partial charge is 0.380 e. The van der Waals surface area contributed by atoms with Crippen LogP contribution in [0.15, 0.2) is 0 Å². The maximum Gasteiger partial charge on any atom is 0.239 e. The molecular weight excluding hydrogens is 290 g/mol. The van der Waals surface area contributed by atoms with Gasteiger partial charge in [0.2, 0.25) is 5.91 Å². The highest BCUT2D eigenvalue weighted by Crippen LogP contribution is 2.16. The Kier molecular flexibility index (Phi) is 7.80. The maximum absolute atomic E-state index is 12.8. The van der Waals surface area contributed by atoms with Gasteiger partial charge in [0.25, 0.3) is 0 Å². The number of hydrogen-bond donors (Lipinski definition) is 0. The number of hydrogen-bond acceptors (Lipinski definition) is 4. The summed E-state index contributed by atoms with van der Waals surface area (Å²) in [6.45, 7) is 13.9. The van der Waals surface area contributed by atoms with Gasteiger partial charge in [-0.2, -0.15) is 0 Å². The minimum absolute atomic E-state index is 0.0181. The van der Waals surface area contributed by atoms with Crippen molar-refractivity contribution in [1.29, 1.82) is 0 Å². The second kappa shape index (κ2) is 9.60. The van der Waals surface area contributed by atoms with E-state index in [0.717, 1.165) is 52.5 Å². The Hall–Kier alpha value is -0.650. The van der Waals surface area contributed by atoms with Crippen LogP contribution in [-0.2, 0) is 9.53 Å². The van der Waals surface area contributed by atoms with Crippen molar-refractivity contribution in [2.75, 3.05) is 52.5 Å². The van der Waals surface area contributed by atoms with Gasteiger partial charge in [-0.05, 0) is 33.6 Å². The number of nitrogens with zero attached hydrogens (tertiary/aromatic N) is 3. The lowest BCUT2D eigenvalue weighted by Crippen LogP contribution is -2.58. The highest BCUT2D eigenvalue weighted by atomic mass is 16.5. The number of rotatable bonds is 6. The van der Waals surface area contributed by atoms with Crippen LogP contribution in [0.3, 0.4) is 0 Å². The van der Waals surface area contributed by atoms with Crippen LogP contribution in [0.4, 0.5) is 0 Å². The third-order valence-electron chi connectivity index (χ3n) is 5.35. The topological polar surface area (TPSA) is 36.0 Å². The second-order valence-electron chi connectivity index (χ2n) is 6.99. The fourth-order valence-electron chi connectivity index (χ4n) is 3.74. The lowest BCUT2D eigenvalue weighted by atomic mass is 10.1. The first-order valence-corrected chi connectivity index (χ1v) is 9.48. The number of ether oxygens (including phenoxy) is 1. The molecule has 2 aliphatic heterocycles. The molecule has 0 radical (unpaired) electrons. The third-order valence-corrected chi connectivity index (χ3v) is 5.35. The molecule has 2 rings (SSSR count). The van der Waals surface area contributed by atoms with Gasteiger partial charge in [-0.25, -0.2) is 0 Å². The van der Waals surface area contributed by atoms with E-state index in [0.29, 0.717) is 11.9 Å². The van der Waals surface area contributed by atoms with E-state index >= 15 is 0 Å². The number of amides is 1. The fourth-order valence-corrected chi connectivity index (χ4v) is 3.74. The molecule has 0 aromatic rings. The molecular formula is C18H35N3O2. The van der Waals surface area contributed by atoms with Crippen LogP contribution in [-0.4, -0.2) is 85.2 Å². The quantitative estimate of drug-likeness (QED) is 0.698. The van der Waals surface area contributed by atoms with Crippen molar-refractivity contribution in [3.05, 3.63) is 0 Å². The van der Waals surface area contributed by atoms with E-state index in [1.165, 1.54) is 25.7 Å². The van der Waals surface area contributed by atoms with E-state index in [-0.39, 0.29) is 6.04 Å². The van der Waals surface area contributed by atoms with Crippen molar-refractivity contribution < 1.29 is 9.53 Å². The molecule has 0 aromatic carbocycles. The van der Waals surface area contributed by atoms with Crippen molar-refractivity contribution >= 4 is 5.91 Å². The van der Waals surface area contributed by atoms with Gasteiger partial charge >= 0.3 is 0 Å². The predicted molar refractivity (Wildman–Crippen MR) is 93.6 cm³/mol. The number of carbonyl (C=O) groups excluding carboxylic acids is 1. The monoisotopic (exact) mass is 325 g/mol. The van der Waals surface area contributed by atoms with E-state index in [4.69, 9.17) is 4.74 Å². The molecule has 0 N–H and O–H groups in total. The third kappa shape index (κ3) is 5.44. The predicted octanol–water partition coefficient (Wildman–Crippen LogP) is 1.82. The average molecular weight is 325 g/mol. The van der Waals surface area contributed by atoms with Crippen LogP contribution in [0.2, 0.25) is 0 Å². The lowest BCUT2D eigenvalue weighted by molar-refractivity contribution is -0.137. The first kappa shape index (κ1) is 18.7. The molecule has 134 valence electrons. The average Bonchev–Trinajstić information content (AvgIpc) is 2.84. The Morgan fingerprint density at radius 3 is 2.43 bits per heavy atom. The first-order chi connectivity index (χ1) is 11.1. The zero-order valence-corrected chi connectivity index (χ0v) is 15.3. The molecule has 2 unspecified atom stereocenters. The van der Waals surface area contributed by atoms with Gasteiger partial charge in [0.15, 0.2) is 0 Å². The van der Waals surface area contributed by atoms with Gasteiger partial charge in [-0.15, -0.1) is 0 Å². The summed E-state index contributed by atoms with van der Waals surface area (Å²) in [5, 5.41) is 0. The van der Waals surface area contributed by atoms with Crippen LogP contribution >= 0.6 is 0 Å². The van der Waals surface area contributed by atoms with Crippen LogP contribution in [0.25, 0.3) is 0 Å². The second-order valence-corrected chi connectivity index (χ2v) is 6.99. The Morgan fingerprint density at radius 2 is 1.83 bits per heavy atom. The van der Waals surface area contributed by atoms with E-state index < -0.39 is 0 Å². The molecule has 0 bridgehead atoms. The summed E-state index contributed by atoms with van der Waals surface area (Å²) in [4.78, 5) is 19.8. The Balaban J connectivity index is 1.81.